The number of nitrogen functional groups attached to an aromatic ring is 1. The van der Waals surface area contributed by atoms with Crippen LogP contribution in [0, 0.1) is 12.7 Å². The largest absolute Gasteiger partial charge is 0.483 e. The lowest BCUT2D eigenvalue weighted by molar-refractivity contribution is -0.118. The number of nitrogens with one attached hydrogen (secondary N) is 1. The molecule has 0 heterocycles. The number of aryl methyl sites for hydroxylation is 1. The van der Waals surface area contributed by atoms with E-state index in [2.05, 4.69) is 5.32 Å². The number of hydrogen-bond acceptors (Lipinski definition) is 3. The van der Waals surface area contributed by atoms with Crippen LogP contribution in [0.1, 0.15) is 5.56 Å². The molecule has 0 atom stereocenters. The monoisotopic (exact) mass is 274 g/mol. The van der Waals surface area contributed by atoms with Gasteiger partial charge >= 0.3 is 0 Å². The minimum absolute atomic E-state index is 0.123. The number of hydrogen-bond donors (Lipinski definition) is 2. The van der Waals surface area contributed by atoms with Gasteiger partial charge in [0.15, 0.2) is 6.61 Å². The van der Waals surface area contributed by atoms with Crippen molar-refractivity contribution in [3.05, 3.63) is 53.8 Å². The maximum Gasteiger partial charge on any atom is 0.262 e. The van der Waals surface area contributed by atoms with Crippen molar-refractivity contribution in [2.45, 2.75) is 6.92 Å². The van der Waals surface area contributed by atoms with E-state index in [0.29, 0.717) is 17.1 Å². The molecule has 2 aromatic carbocycles. The van der Waals surface area contributed by atoms with E-state index in [1.165, 1.54) is 24.3 Å². The van der Waals surface area contributed by atoms with Crippen molar-refractivity contribution in [3.63, 3.8) is 0 Å². The molecular formula is C15H15FN2O2. The summed E-state index contributed by atoms with van der Waals surface area (Å²) in [5.74, 6) is -0.0574. The molecule has 0 fully saturated rings. The van der Waals surface area contributed by atoms with Crippen LogP contribution in [0.3, 0.4) is 0 Å². The molecule has 1 amide bonds. The highest BCUT2D eigenvalue weighted by atomic mass is 19.1. The van der Waals surface area contributed by atoms with Crippen molar-refractivity contribution < 1.29 is 13.9 Å². The van der Waals surface area contributed by atoms with Crippen LogP contribution < -0.4 is 15.8 Å². The molecule has 104 valence electrons. The summed E-state index contributed by atoms with van der Waals surface area (Å²) in [6.45, 7) is 1.73. The number of amides is 1. The topological polar surface area (TPSA) is 64.3 Å². The third-order valence-corrected chi connectivity index (χ3v) is 2.69. The van der Waals surface area contributed by atoms with E-state index in [4.69, 9.17) is 10.5 Å². The first-order valence-corrected chi connectivity index (χ1v) is 6.09. The molecule has 0 aliphatic carbocycles. The van der Waals surface area contributed by atoms with Gasteiger partial charge in [0.1, 0.15) is 11.6 Å². The van der Waals surface area contributed by atoms with Crippen molar-refractivity contribution in [1.29, 1.82) is 0 Å². The molecule has 0 aromatic heterocycles. The number of nitrogens with two attached hydrogens (primary N) is 1. The van der Waals surface area contributed by atoms with Crippen molar-refractivity contribution in [3.8, 4) is 5.75 Å². The molecule has 20 heavy (non-hydrogen) atoms. The Morgan fingerprint density at radius 1 is 1.25 bits per heavy atom. The second kappa shape index (κ2) is 6.06. The molecule has 0 unspecified atom stereocenters. The number of benzene rings is 2. The van der Waals surface area contributed by atoms with Gasteiger partial charge in [-0.25, -0.2) is 4.39 Å². The molecule has 0 saturated carbocycles. The van der Waals surface area contributed by atoms with Crippen molar-refractivity contribution >= 4 is 17.3 Å². The van der Waals surface area contributed by atoms with Crippen LogP contribution in [0.2, 0.25) is 0 Å². The van der Waals surface area contributed by atoms with Gasteiger partial charge in [0, 0.05) is 11.4 Å². The fraction of sp³-hybridized carbons (Fsp3) is 0.133. The Morgan fingerprint density at radius 3 is 2.60 bits per heavy atom. The number of anilines is 2. The Morgan fingerprint density at radius 2 is 1.95 bits per heavy atom. The summed E-state index contributed by atoms with van der Waals surface area (Å²) in [6, 6.07) is 10.7. The van der Waals surface area contributed by atoms with Crippen LogP contribution in [-0.4, -0.2) is 12.5 Å². The van der Waals surface area contributed by atoms with E-state index >= 15 is 0 Å². The Hall–Kier alpha value is -2.56. The van der Waals surface area contributed by atoms with E-state index in [9.17, 15) is 9.18 Å². The van der Waals surface area contributed by atoms with Gasteiger partial charge in [0.25, 0.3) is 5.91 Å². The lowest BCUT2D eigenvalue weighted by atomic mass is 10.2. The quantitative estimate of drug-likeness (QED) is 0.842. The third kappa shape index (κ3) is 3.71. The summed E-state index contributed by atoms with van der Waals surface area (Å²) in [4.78, 5) is 11.7. The normalized spacial score (nSPS) is 10.1. The van der Waals surface area contributed by atoms with Gasteiger partial charge in [0.2, 0.25) is 0 Å². The Kier molecular flexibility index (Phi) is 4.20. The standard InChI is InChI=1S/C15H15FN2O2/c1-10-8-12(17)4-7-14(10)20-9-15(19)18-13-5-2-11(16)3-6-13/h2-8H,9,17H2,1H3,(H,18,19). The number of halogens is 1. The van der Waals surface area contributed by atoms with Gasteiger partial charge in [-0.1, -0.05) is 0 Å². The average molecular weight is 274 g/mol. The molecule has 5 heteroatoms. The highest BCUT2D eigenvalue weighted by molar-refractivity contribution is 5.91. The van der Waals surface area contributed by atoms with Gasteiger partial charge in [0.05, 0.1) is 0 Å². The predicted molar refractivity (Wildman–Crippen MR) is 76.1 cm³/mol. The van der Waals surface area contributed by atoms with Gasteiger partial charge in [-0.2, -0.15) is 0 Å². The molecule has 2 aromatic rings. The molecule has 0 radical (unpaired) electrons. The maximum absolute atomic E-state index is 12.7. The predicted octanol–water partition coefficient (Wildman–Crippen LogP) is 2.73. The molecule has 0 aliphatic rings. The van der Waals surface area contributed by atoms with Crippen LogP contribution in [0.4, 0.5) is 15.8 Å². The molecule has 4 nitrogen and oxygen atoms in total. The summed E-state index contributed by atoms with van der Waals surface area (Å²) in [6.07, 6.45) is 0. The minimum atomic E-state index is -0.350. The van der Waals surface area contributed by atoms with Crippen LogP contribution in [0.15, 0.2) is 42.5 Å². The highest BCUT2D eigenvalue weighted by Crippen LogP contribution is 2.20. The first-order chi connectivity index (χ1) is 9.54. The van der Waals surface area contributed by atoms with Crippen molar-refractivity contribution in [2.24, 2.45) is 0 Å². The first kappa shape index (κ1) is 13.9. The zero-order valence-corrected chi connectivity index (χ0v) is 11.0. The molecule has 0 spiro atoms. The lowest BCUT2D eigenvalue weighted by Gasteiger charge is -2.10. The molecular weight excluding hydrogens is 259 g/mol. The molecule has 2 rings (SSSR count). The summed E-state index contributed by atoms with van der Waals surface area (Å²) in [7, 11) is 0. The molecule has 0 saturated heterocycles. The smallest absolute Gasteiger partial charge is 0.262 e. The zero-order chi connectivity index (χ0) is 14.5. The number of rotatable bonds is 4. The van der Waals surface area contributed by atoms with Gasteiger partial charge < -0.3 is 15.8 Å². The van der Waals surface area contributed by atoms with Gasteiger partial charge in [-0.15, -0.1) is 0 Å². The number of ether oxygens (including phenoxy) is 1. The Labute approximate surface area is 116 Å². The fourth-order valence-electron chi connectivity index (χ4n) is 1.71. The molecule has 0 aliphatic heterocycles. The zero-order valence-electron chi connectivity index (χ0n) is 11.0. The maximum atomic E-state index is 12.7. The average Bonchev–Trinajstić information content (AvgIpc) is 2.40. The number of carbonyl (C=O) groups excluding carboxylic acids is 1. The van der Waals surface area contributed by atoms with E-state index in [1.54, 1.807) is 18.2 Å². The first-order valence-electron chi connectivity index (χ1n) is 6.09. The van der Waals surface area contributed by atoms with E-state index in [1.807, 2.05) is 6.92 Å². The highest BCUT2D eigenvalue weighted by Gasteiger charge is 2.06. The number of carbonyl (C=O) groups is 1. The van der Waals surface area contributed by atoms with Crippen molar-refractivity contribution in [2.75, 3.05) is 17.7 Å². The minimum Gasteiger partial charge on any atom is -0.483 e. The SMILES string of the molecule is Cc1cc(N)ccc1OCC(=O)Nc1ccc(F)cc1. The van der Waals surface area contributed by atoms with Crippen molar-refractivity contribution in [1.82, 2.24) is 0 Å². The second-order valence-electron chi connectivity index (χ2n) is 4.37. The third-order valence-electron chi connectivity index (χ3n) is 2.69. The lowest BCUT2D eigenvalue weighted by Crippen LogP contribution is -2.20. The Balaban J connectivity index is 1.90. The summed E-state index contributed by atoms with van der Waals surface area (Å²) in [5.41, 5.74) is 7.66. The van der Waals surface area contributed by atoms with Crippen LogP contribution in [-0.2, 0) is 4.79 Å². The molecule has 3 N–H and O–H groups in total. The van der Waals surface area contributed by atoms with E-state index in [0.717, 1.165) is 5.56 Å². The second-order valence-corrected chi connectivity index (χ2v) is 4.37. The summed E-state index contributed by atoms with van der Waals surface area (Å²) >= 11 is 0. The summed E-state index contributed by atoms with van der Waals surface area (Å²) in [5, 5.41) is 2.61. The van der Waals surface area contributed by atoms with Gasteiger partial charge in [-0.3, -0.25) is 4.79 Å². The van der Waals surface area contributed by atoms with Crippen LogP contribution in [0.25, 0.3) is 0 Å². The summed E-state index contributed by atoms with van der Waals surface area (Å²) < 4.78 is 18.1. The fourth-order valence-corrected chi connectivity index (χ4v) is 1.71. The molecule has 0 bridgehead atoms. The van der Waals surface area contributed by atoms with E-state index in [-0.39, 0.29) is 18.3 Å². The van der Waals surface area contributed by atoms with Crippen LogP contribution >= 0.6 is 0 Å². The van der Waals surface area contributed by atoms with Gasteiger partial charge in [-0.05, 0) is 55.0 Å². The van der Waals surface area contributed by atoms with E-state index < -0.39 is 0 Å². The van der Waals surface area contributed by atoms with Crippen LogP contribution in [0.5, 0.6) is 5.75 Å². The Bertz CT molecular complexity index is 612.